The van der Waals surface area contributed by atoms with Gasteiger partial charge in [-0.3, -0.25) is 4.79 Å². The van der Waals surface area contributed by atoms with Crippen molar-refractivity contribution in [1.29, 1.82) is 0 Å². The van der Waals surface area contributed by atoms with Gasteiger partial charge in [-0.15, -0.1) is 0 Å². The minimum atomic E-state index is -0.118. The van der Waals surface area contributed by atoms with Crippen LogP contribution in [0.2, 0.25) is 0 Å². The molecule has 3 heteroatoms. The van der Waals surface area contributed by atoms with Crippen molar-refractivity contribution >= 4 is 5.91 Å². The van der Waals surface area contributed by atoms with Crippen LogP contribution in [-0.2, 0) is 11.3 Å². The summed E-state index contributed by atoms with van der Waals surface area (Å²) in [4.78, 5) is 14.6. The van der Waals surface area contributed by atoms with Crippen molar-refractivity contribution in [2.75, 3.05) is 0 Å². The number of nitrogens with two attached hydrogens (primary N) is 1. The van der Waals surface area contributed by atoms with Gasteiger partial charge < -0.3 is 10.6 Å². The molecule has 3 nitrogen and oxygen atoms in total. The minimum Gasteiger partial charge on any atom is -0.336 e. The quantitative estimate of drug-likeness (QED) is 0.870. The molecule has 0 aromatic heterocycles. The summed E-state index contributed by atoms with van der Waals surface area (Å²) in [6.45, 7) is 11.1. The average Bonchev–Trinajstić information content (AvgIpc) is 2.43. The lowest BCUT2D eigenvalue weighted by Gasteiger charge is -2.33. The molecule has 2 N–H and O–H groups in total. The second-order valence-electron chi connectivity index (χ2n) is 6.94. The molecule has 0 aliphatic rings. The molecule has 21 heavy (non-hydrogen) atoms. The normalized spacial score (nSPS) is 14.6. The van der Waals surface area contributed by atoms with Crippen LogP contribution in [0.3, 0.4) is 0 Å². The van der Waals surface area contributed by atoms with Gasteiger partial charge in [-0.05, 0) is 24.3 Å². The fourth-order valence-electron chi connectivity index (χ4n) is 2.10. The Hall–Kier alpha value is -1.35. The van der Waals surface area contributed by atoms with Gasteiger partial charge in [0.25, 0.3) is 0 Å². The van der Waals surface area contributed by atoms with E-state index in [-0.39, 0.29) is 23.4 Å². The third kappa shape index (κ3) is 5.50. The topological polar surface area (TPSA) is 46.3 Å². The summed E-state index contributed by atoms with van der Waals surface area (Å²) >= 11 is 0. The standard InChI is InChI=1S/C18H30N2O/c1-6-14(2)20(13-15-10-8-7-9-11-15)17(21)12-16(19)18(3,4)5/h7-11,14,16H,6,12-13,19H2,1-5H3. The molecule has 0 bridgehead atoms. The Kier molecular flexibility index (Phi) is 6.41. The SMILES string of the molecule is CCC(C)N(Cc1ccccc1)C(=O)CC(N)C(C)(C)C. The summed E-state index contributed by atoms with van der Waals surface area (Å²) in [7, 11) is 0. The van der Waals surface area contributed by atoms with Gasteiger partial charge in [0.15, 0.2) is 0 Å². The first-order valence-corrected chi connectivity index (χ1v) is 7.84. The van der Waals surface area contributed by atoms with E-state index in [9.17, 15) is 4.79 Å². The first kappa shape index (κ1) is 17.7. The molecule has 0 aliphatic carbocycles. The molecule has 1 rings (SSSR count). The molecule has 1 aromatic rings. The summed E-state index contributed by atoms with van der Waals surface area (Å²) < 4.78 is 0. The summed E-state index contributed by atoms with van der Waals surface area (Å²) in [5.74, 6) is 0.149. The van der Waals surface area contributed by atoms with Crippen molar-refractivity contribution in [3.63, 3.8) is 0 Å². The van der Waals surface area contributed by atoms with Crippen molar-refractivity contribution in [3.8, 4) is 0 Å². The van der Waals surface area contributed by atoms with Crippen LogP contribution in [0.25, 0.3) is 0 Å². The zero-order valence-corrected chi connectivity index (χ0v) is 14.1. The molecule has 0 radical (unpaired) electrons. The van der Waals surface area contributed by atoms with Gasteiger partial charge in [0.05, 0.1) is 0 Å². The van der Waals surface area contributed by atoms with E-state index in [2.05, 4.69) is 46.8 Å². The molecular formula is C18H30N2O. The number of carbonyl (C=O) groups is 1. The van der Waals surface area contributed by atoms with E-state index in [1.165, 1.54) is 0 Å². The van der Waals surface area contributed by atoms with Crippen molar-refractivity contribution < 1.29 is 4.79 Å². The Balaban J connectivity index is 2.80. The third-order valence-corrected chi connectivity index (χ3v) is 4.15. The number of nitrogens with zero attached hydrogens (tertiary/aromatic N) is 1. The molecule has 0 spiro atoms. The fraction of sp³-hybridized carbons (Fsp3) is 0.611. The van der Waals surface area contributed by atoms with Crippen LogP contribution in [0.4, 0.5) is 0 Å². The van der Waals surface area contributed by atoms with Crippen molar-refractivity contribution in [2.45, 2.75) is 66.1 Å². The van der Waals surface area contributed by atoms with Gasteiger partial charge in [0.2, 0.25) is 5.91 Å². The first-order chi connectivity index (χ1) is 9.75. The van der Waals surface area contributed by atoms with E-state index in [1.54, 1.807) is 0 Å². The Labute approximate surface area is 129 Å². The largest absolute Gasteiger partial charge is 0.336 e. The van der Waals surface area contributed by atoms with E-state index in [4.69, 9.17) is 5.73 Å². The smallest absolute Gasteiger partial charge is 0.224 e. The molecule has 1 amide bonds. The lowest BCUT2D eigenvalue weighted by atomic mass is 9.85. The molecule has 2 unspecified atom stereocenters. The van der Waals surface area contributed by atoms with Crippen LogP contribution in [0.15, 0.2) is 30.3 Å². The van der Waals surface area contributed by atoms with Gasteiger partial charge in [0, 0.05) is 25.0 Å². The number of amides is 1. The monoisotopic (exact) mass is 290 g/mol. The van der Waals surface area contributed by atoms with Crippen molar-refractivity contribution in [2.24, 2.45) is 11.1 Å². The minimum absolute atomic E-state index is 0.0521. The molecule has 0 heterocycles. The molecule has 0 fully saturated rings. The predicted octanol–water partition coefficient (Wildman–Crippen LogP) is 3.58. The van der Waals surface area contributed by atoms with E-state index in [0.717, 1.165) is 12.0 Å². The van der Waals surface area contributed by atoms with Crippen LogP contribution in [-0.4, -0.2) is 22.9 Å². The molecule has 1 aromatic carbocycles. The summed E-state index contributed by atoms with van der Waals surface area (Å²) in [5, 5.41) is 0. The van der Waals surface area contributed by atoms with Crippen molar-refractivity contribution in [1.82, 2.24) is 4.90 Å². The molecule has 0 saturated carbocycles. The molecular weight excluding hydrogens is 260 g/mol. The van der Waals surface area contributed by atoms with Crippen LogP contribution in [0.5, 0.6) is 0 Å². The first-order valence-electron chi connectivity index (χ1n) is 7.84. The van der Waals surface area contributed by atoms with Gasteiger partial charge in [-0.1, -0.05) is 58.0 Å². The van der Waals surface area contributed by atoms with Crippen molar-refractivity contribution in [3.05, 3.63) is 35.9 Å². The highest BCUT2D eigenvalue weighted by molar-refractivity contribution is 5.77. The number of benzene rings is 1. The maximum absolute atomic E-state index is 12.7. The highest BCUT2D eigenvalue weighted by atomic mass is 16.2. The van der Waals surface area contributed by atoms with Gasteiger partial charge in [-0.2, -0.15) is 0 Å². The Morgan fingerprint density at radius 3 is 2.29 bits per heavy atom. The molecule has 2 atom stereocenters. The van der Waals surface area contributed by atoms with E-state index in [1.807, 2.05) is 23.1 Å². The number of hydrogen-bond acceptors (Lipinski definition) is 2. The summed E-state index contributed by atoms with van der Waals surface area (Å²) in [5.41, 5.74) is 7.29. The predicted molar refractivity (Wildman–Crippen MR) is 88.8 cm³/mol. The second-order valence-corrected chi connectivity index (χ2v) is 6.94. The molecule has 0 aliphatic heterocycles. The fourth-order valence-corrected chi connectivity index (χ4v) is 2.10. The van der Waals surface area contributed by atoms with Crippen LogP contribution in [0, 0.1) is 5.41 Å². The summed E-state index contributed by atoms with van der Waals surface area (Å²) in [6.07, 6.45) is 1.35. The zero-order chi connectivity index (χ0) is 16.0. The number of hydrogen-bond donors (Lipinski definition) is 1. The molecule has 0 saturated heterocycles. The highest BCUT2D eigenvalue weighted by Crippen LogP contribution is 2.22. The Bertz CT molecular complexity index is 436. The van der Waals surface area contributed by atoms with Crippen LogP contribution in [0.1, 0.15) is 53.0 Å². The molecule has 118 valence electrons. The lowest BCUT2D eigenvalue weighted by Crippen LogP contribution is -2.44. The van der Waals surface area contributed by atoms with Crippen LogP contribution >= 0.6 is 0 Å². The second kappa shape index (κ2) is 7.60. The van der Waals surface area contributed by atoms with E-state index < -0.39 is 0 Å². The highest BCUT2D eigenvalue weighted by Gasteiger charge is 2.27. The van der Waals surface area contributed by atoms with E-state index in [0.29, 0.717) is 13.0 Å². The van der Waals surface area contributed by atoms with Crippen LogP contribution < -0.4 is 5.73 Å². The zero-order valence-electron chi connectivity index (χ0n) is 14.1. The van der Waals surface area contributed by atoms with Gasteiger partial charge in [-0.25, -0.2) is 0 Å². The Morgan fingerprint density at radius 2 is 1.81 bits per heavy atom. The maximum atomic E-state index is 12.7. The maximum Gasteiger partial charge on any atom is 0.224 e. The summed E-state index contributed by atoms with van der Waals surface area (Å²) in [6, 6.07) is 10.2. The number of carbonyl (C=O) groups excluding carboxylic acids is 1. The average molecular weight is 290 g/mol. The third-order valence-electron chi connectivity index (χ3n) is 4.15. The van der Waals surface area contributed by atoms with E-state index >= 15 is 0 Å². The number of rotatable bonds is 6. The Morgan fingerprint density at radius 1 is 1.24 bits per heavy atom. The van der Waals surface area contributed by atoms with Gasteiger partial charge in [0.1, 0.15) is 0 Å². The van der Waals surface area contributed by atoms with Gasteiger partial charge >= 0.3 is 0 Å². The lowest BCUT2D eigenvalue weighted by molar-refractivity contribution is -0.135.